The predicted octanol–water partition coefficient (Wildman–Crippen LogP) is 3.64. The van der Waals surface area contributed by atoms with Crippen LogP contribution in [0, 0.1) is 0 Å². The van der Waals surface area contributed by atoms with Gasteiger partial charge in [0.2, 0.25) is 0 Å². The van der Waals surface area contributed by atoms with Crippen LogP contribution in [0.25, 0.3) is 12.2 Å². The first-order valence-electron chi connectivity index (χ1n) is 6.58. The number of nitrogens with zero attached hydrogens (tertiary/aromatic N) is 1. The molecule has 0 saturated heterocycles. The molecule has 0 bridgehead atoms. The number of nitrogens with two attached hydrogens (primary N) is 1. The van der Waals surface area contributed by atoms with Crippen LogP contribution in [0.1, 0.15) is 35.6 Å². The largest absolute Gasteiger partial charge is 0.465 e. The van der Waals surface area contributed by atoms with E-state index in [1.807, 2.05) is 31.3 Å². The Morgan fingerprint density at radius 2 is 2.05 bits per heavy atom. The molecule has 0 radical (unpaired) electrons. The molecule has 1 heterocycles. The van der Waals surface area contributed by atoms with Crippen molar-refractivity contribution in [1.29, 1.82) is 0 Å². The van der Waals surface area contributed by atoms with Gasteiger partial charge in [-0.25, -0.2) is 5.84 Å². The number of furan rings is 1. The van der Waals surface area contributed by atoms with Gasteiger partial charge in [-0.2, -0.15) is 0 Å². The van der Waals surface area contributed by atoms with Crippen molar-refractivity contribution in [2.75, 3.05) is 12.1 Å². The Balaban J connectivity index is 2.01. The Bertz CT molecular complexity index is 561. The topological polar surface area (TPSA) is 42.4 Å². The van der Waals surface area contributed by atoms with Gasteiger partial charge in [0.1, 0.15) is 5.76 Å². The fourth-order valence-electron chi connectivity index (χ4n) is 2.36. The zero-order valence-electron chi connectivity index (χ0n) is 11.0. The van der Waals surface area contributed by atoms with Crippen LogP contribution >= 0.6 is 0 Å². The molecule has 0 spiro atoms. The van der Waals surface area contributed by atoms with E-state index >= 15 is 0 Å². The van der Waals surface area contributed by atoms with E-state index in [0.29, 0.717) is 5.92 Å². The van der Waals surface area contributed by atoms with Gasteiger partial charge in [-0.3, -0.25) is 0 Å². The van der Waals surface area contributed by atoms with Crippen molar-refractivity contribution >= 4 is 17.8 Å². The van der Waals surface area contributed by atoms with Crippen LogP contribution < -0.4 is 10.9 Å². The second-order valence-electron chi connectivity index (χ2n) is 5.01. The Kier molecular flexibility index (Phi) is 3.13. The summed E-state index contributed by atoms with van der Waals surface area (Å²) in [6.07, 6.45) is 8.33. The van der Waals surface area contributed by atoms with E-state index in [-0.39, 0.29) is 0 Å². The Morgan fingerprint density at radius 3 is 2.68 bits per heavy atom. The molecule has 98 valence electrons. The second-order valence-corrected chi connectivity index (χ2v) is 5.01. The van der Waals surface area contributed by atoms with Gasteiger partial charge in [0.25, 0.3) is 0 Å². The highest BCUT2D eigenvalue weighted by atomic mass is 16.3. The SMILES string of the molecule is CN(N)c1cccc(C2CC2)c1/C=C/c1ccco1. The average Bonchev–Trinajstić information content (AvgIpc) is 3.12. The lowest BCUT2D eigenvalue weighted by atomic mass is 10.0. The highest BCUT2D eigenvalue weighted by Gasteiger charge is 2.26. The number of hydrazine groups is 1. The van der Waals surface area contributed by atoms with Gasteiger partial charge in [0.15, 0.2) is 0 Å². The molecule has 1 aromatic heterocycles. The third-order valence-corrected chi connectivity index (χ3v) is 3.47. The highest BCUT2D eigenvalue weighted by Crippen LogP contribution is 2.44. The maximum Gasteiger partial charge on any atom is 0.126 e. The van der Waals surface area contributed by atoms with Crippen molar-refractivity contribution in [3.05, 3.63) is 53.5 Å². The number of hydrogen-bond acceptors (Lipinski definition) is 3. The Labute approximate surface area is 113 Å². The summed E-state index contributed by atoms with van der Waals surface area (Å²) in [6.45, 7) is 0. The lowest BCUT2D eigenvalue weighted by Crippen LogP contribution is -2.26. The van der Waals surface area contributed by atoms with Crippen molar-refractivity contribution in [1.82, 2.24) is 0 Å². The molecule has 0 atom stereocenters. The van der Waals surface area contributed by atoms with E-state index in [1.165, 1.54) is 24.0 Å². The summed E-state index contributed by atoms with van der Waals surface area (Å²) in [5.74, 6) is 7.48. The standard InChI is InChI=1S/C16H18N2O/c1-18(17)16-6-2-5-14(12-7-8-12)15(16)10-9-13-4-3-11-19-13/h2-6,9-12H,7-8,17H2,1H3/b10-9+. The van der Waals surface area contributed by atoms with Gasteiger partial charge in [-0.05, 0) is 54.7 Å². The van der Waals surface area contributed by atoms with Gasteiger partial charge in [0.05, 0.1) is 12.0 Å². The molecular weight excluding hydrogens is 236 g/mol. The van der Waals surface area contributed by atoms with Crippen molar-refractivity contribution < 1.29 is 4.42 Å². The molecule has 3 nitrogen and oxygen atoms in total. The van der Waals surface area contributed by atoms with Gasteiger partial charge in [-0.1, -0.05) is 12.1 Å². The first-order valence-corrected chi connectivity index (χ1v) is 6.58. The number of benzene rings is 1. The van der Waals surface area contributed by atoms with E-state index in [1.54, 1.807) is 11.3 Å². The summed E-state index contributed by atoms with van der Waals surface area (Å²) in [5, 5.41) is 1.67. The summed E-state index contributed by atoms with van der Waals surface area (Å²) < 4.78 is 5.34. The zero-order valence-corrected chi connectivity index (χ0v) is 11.0. The molecular formula is C16H18N2O. The third kappa shape index (κ3) is 2.56. The summed E-state index contributed by atoms with van der Waals surface area (Å²) in [7, 11) is 1.87. The Morgan fingerprint density at radius 1 is 1.21 bits per heavy atom. The minimum absolute atomic E-state index is 0.691. The first-order chi connectivity index (χ1) is 9.25. The van der Waals surface area contributed by atoms with Crippen molar-refractivity contribution in [3.63, 3.8) is 0 Å². The summed E-state index contributed by atoms with van der Waals surface area (Å²) in [5.41, 5.74) is 3.64. The van der Waals surface area contributed by atoms with Crippen molar-refractivity contribution in [2.24, 2.45) is 5.84 Å². The quantitative estimate of drug-likeness (QED) is 0.669. The van der Waals surface area contributed by atoms with Crippen LogP contribution in [0.5, 0.6) is 0 Å². The Hall–Kier alpha value is -2.00. The van der Waals surface area contributed by atoms with Gasteiger partial charge in [-0.15, -0.1) is 0 Å². The van der Waals surface area contributed by atoms with Crippen LogP contribution in [0.4, 0.5) is 5.69 Å². The van der Waals surface area contributed by atoms with E-state index in [0.717, 1.165) is 11.4 Å². The van der Waals surface area contributed by atoms with Gasteiger partial charge in [0, 0.05) is 12.6 Å². The van der Waals surface area contributed by atoms with E-state index < -0.39 is 0 Å². The average molecular weight is 254 g/mol. The monoisotopic (exact) mass is 254 g/mol. The van der Waals surface area contributed by atoms with E-state index in [2.05, 4.69) is 18.2 Å². The van der Waals surface area contributed by atoms with Gasteiger partial charge < -0.3 is 9.43 Å². The van der Waals surface area contributed by atoms with Crippen molar-refractivity contribution in [3.8, 4) is 0 Å². The first kappa shape index (κ1) is 12.1. The molecule has 0 aliphatic heterocycles. The van der Waals surface area contributed by atoms with Crippen molar-refractivity contribution in [2.45, 2.75) is 18.8 Å². The minimum atomic E-state index is 0.691. The summed E-state index contributed by atoms with van der Waals surface area (Å²) in [4.78, 5) is 0. The summed E-state index contributed by atoms with van der Waals surface area (Å²) in [6, 6.07) is 10.2. The smallest absolute Gasteiger partial charge is 0.126 e. The minimum Gasteiger partial charge on any atom is -0.465 e. The van der Waals surface area contributed by atoms with Crippen LogP contribution in [0.2, 0.25) is 0 Å². The lowest BCUT2D eigenvalue weighted by Gasteiger charge is -2.18. The number of rotatable bonds is 4. The molecule has 0 amide bonds. The second kappa shape index (κ2) is 4.94. The predicted molar refractivity (Wildman–Crippen MR) is 78.6 cm³/mol. The molecule has 3 heteroatoms. The normalized spacial score (nSPS) is 15.1. The molecule has 2 aromatic rings. The lowest BCUT2D eigenvalue weighted by molar-refractivity contribution is 0.557. The molecule has 1 aromatic carbocycles. The zero-order chi connectivity index (χ0) is 13.2. The van der Waals surface area contributed by atoms with Crippen LogP contribution in [0.15, 0.2) is 41.0 Å². The number of hydrogen-bond donors (Lipinski definition) is 1. The molecule has 1 saturated carbocycles. The third-order valence-electron chi connectivity index (χ3n) is 3.47. The van der Waals surface area contributed by atoms with Crippen LogP contribution in [-0.2, 0) is 0 Å². The number of anilines is 1. The maximum atomic E-state index is 5.93. The molecule has 1 aliphatic carbocycles. The molecule has 2 N–H and O–H groups in total. The molecule has 1 aliphatic rings. The van der Waals surface area contributed by atoms with Crippen LogP contribution in [-0.4, -0.2) is 7.05 Å². The van der Waals surface area contributed by atoms with E-state index in [9.17, 15) is 0 Å². The molecule has 3 rings (SSSR count). The fraction of sp³-hybridized carbons (Fsp3) is 0.250. The van der Waals surface area contributed by atoms with E-state index in [4.69, 9.17) is 10.3 Å². The fourth-order valence-corrected chi connectivity index (χ4v) is 2.36. The highest BCUT2D eigenvalue weighted by molar-refractivity contribution is 5.78. The molecule has 0 unspecified atom stereocenters. The molecule has 1 fully saturated rings. The van der Waals surface area contributed by atoms with Crippen LogP contribution in [0.3, 0.4) is 0 Å². The van der Waals surface area contributed by atoms with Gasteiger partial charge >= 0.3 is 0 Å². The maximum absolute atomic E-state index is 5.93. The molecule has 19 heavy (non-hydrogen) atoms. The summed E-state index contributed by atoms with van der Waals surface area (Å²) >= 11 is 0.